The van der Waals surface area contributed by atoms with Gasteiger partial charge in [-0.15, -0.1) is 0 Å². The van der Waals surface area contributed by atoms with Gasteiger partial charge in [0, 0.05) is 0 Å². The average Bonchev–Trinajstić information content (AvgIpc) is 2.44. The second-order valence-electron chi connectivity index (χ2n) is 7.00. The van der Waals surface area contributed by atoms with Crippen LogP contribution in [0.1, 0.15) is 71.6 Å². The van der Waals surface area contributed by atoms with Crippen LogP contribution >= 0.6 is 12.6 Å². The van der Waals surface area contributed by atoms with E-state index in [0.717, 1.165) is 5.75 Å². The van der Waals surface area contributed by atoms with E-state index in [2.05, 4.69) is 45.6 Å². The third kappa shape index (κ3) is 14.8. The molecule has 0 aromatic carbocycles. The normalized spacial score (nSPS) is 13.8. The molecular formula is C18H38OSSi. The molecule has 0 aromatic heterocycles. The molecule has 0 rings (SSSR count). The van der Waals surface area contributed by atoms with E-state index in [1.165, 1.54) is 63.8 Å². The summed E-state index contributed by atoms with van der Waals surface area (Å²) in [4.78, 5) is 0. The summed E-state index contributed by atoms with van der Waals surface area (Å²) in [5.41, 5.74) is 0. The average molecular weight is 331 g/mol. The highest BCUT2D eigenvalue weighted by Gasteiger charge is 2.24. The van der Waals surface area contributed by atoms with Gasteiger partial charge in [-0.2, -0.15) is 12.6 Å². The number of hydrogen-bond donors (Lipinski definition) is 1. The van der Waals surface area contributed by atoms with Gasteiger partial charge in [-0.1, -0.05) is 64.9 Å². The van der Waals surface area contributed by atoms with E-state index >= 15 is 0 Å². The molecule has 126 valence electrons. The maximum absolute atomic E-state index is 6.00. The lowest BCUT2D eigenvalue weighted by molar-refractivity contribution is 0.456. The van der Waals surface area contributed by atoms with Crippen LogP contribution in [0, 0.1) is 5.92 Å². The summed E-state index contributed by atoms with van der Waals surface area (Å²) in [6.45, 7) is 9.13. The monoisotopic (exact) mass is 330 g/mol. The summed E-state index contributed by atoms with van der Waals surface area (Å²) >= 11 is 4.36. The molecule has 1 atom stereocenters. The molecule has 0 aromatic rings. The van der Waals surface area contributed by atoms with Gasteiger partial charge in [0.1, 0.15) is 0 Å². The quantitative estimate of drug-likeness (QED) is 0.159. The topological polar surface area (TPSA) is 9.23 Å². The van der Waals surface area contributed by atoms with E-state index in [1.54, 1.807) is 0 Å². The van der Waals surface area contributed by atoms with Gasteiger partial charge >= 0.3 is 0 Å². The maximum atomic E-state index is 6.00. The van der Waals surface area contributed by atoms with E-state index in [1.807, 2.05) is 6.26 Å². The van der Waals surface area contributed by atoms with Crippen LogP contribution in [0.2, 0.25) is 19.1 Å². The molecular weight excluding hydrogens is 292 g/mol. The fourth-order valence-corrected chi connectivity index (χ4v) is 5.40. The first-order valence-corrected chi connectivity index (χ1v) is 12.7. The van der Waals surface area contributed by atoms with Crippen molar-refractivity contribution in [1.29, 1.82) is 0 Å². The summed E-state index contributed by atoms with van der Waals surface area (Å²) in [6.07, 6.45) is 16.5. The second-order valence-corrected chi connectivity index (χ2v) is 11.5. The molecule has 0 radical (unpaired) electrons. The SMILES string of the molecule is CCCCCCCCCCC=CO[Si](C)(C)CC(C)CS. The molecule has 21 heavy (non-hydrogen) atoms. The Balaban J connectivity index is 3.47. The highest BCUT2D eigenvalue weighted by molar-refractivity contribution is 7.80. The summed E-state index contributed by atoms with van der Waals surface area (Å²) in [5.74, 6) is 1.62. The van der Waals surface area contributed by atoms with Crippen molar-refractivity contribution in [3.8, 4) is 0 Å². The number of rotatable bonds is 14. The van der Waals surface area contributed by atoms with E-state index in [9.17, 15) is 0 Å². The predicted molar refractivity (Wildman–Crippen MR) is 103 cm³/mol. The molecule has 0 aliphatic rings. The van der Waals surface area contributed by atoms with Crippen LogP contribution in [0.3, 0.4) is 0 Å². The summed E-state index contributed by atoms with van der Waals surface area (Å²) in [6, 6.07) is 1.19. The molecule has 1 nitrogen and oxygen atoms in total. The van der Waals surface area contributed by atoms with Crippen LogP contribution in [-0.2, 0) is 4.43 Å². The second kappa shape index (κ2) is 13.7. The molecule has 0 aliphatic heterocycles. The van der Waals surface area contributed by atoms with E-state index < -0.39 is 8.32 Å². The van der Waals surface area contributed by atoms with Gasteiger partial charge in [0.15, 0.2) is 0 Å². The lowest BCUT2D eigenvalue weighted by Gasteiger charge is -2.24. The van der Waals surface area contributed by atoms with Crippen molar-refractivity contribution < 1.29 is 4.43 Å². The lowest BCUT2D eigenvalue weighted by atomic mass is 10.1. The van der Waals surface area contributed by atoms with E-state index in [-0.39, 0.29) is 0 Å². The molecule has 0 bridgehead atoms. The number of thiol groups is 1. The molecule has 0 saturated heterocycles. The van der Waals surface area contributed by atoms with E-state index in [0.29, 0.717) is 5.92 Å². The highest BCUT2D eigenvalue weighted by Crippen LogP contribution is 2.19. The van der Waals surface area contributed by atoms with Crippen LogP contribution in [0.4, 0.5) is 0 Å². The van der Waals surface area contributed by atoms with Crippen LogP contribution < -0.4 is 0 Å². The van der Waals surface area contributed by atoms with Crippen LogP contribution in [0.15, 0.2) is 12.3 Å². The zero-order chi connectivity index (χ0) is 16.0. The van der Waals surface area contributed by atoms with Crippen molar-refractivity contribution in [2.45, 2.75) is 90.8 Å². The minimum atomic E-state index is -1.52. The molecule has 0 fully saturated rings. The van der Waals surface area contributed by atoms with Crippen molar-refractivity contribution in [2.75, 3.05) is 5.75 Å². The Kier molecular flexibility index (Phi) is 13.8. The molecule has 0 aliphatic carbocycles. The molecule has 0 amide bonds. The zero-order valence-electron chi connectivity index (χ0n) is 14.9. The molecule has 3 heteroatoms. The summed E-state index contributed by atoms with van der Waals surface area (Å²) in [5, 5.41) is 0. The third-order valence-corrected chi connectivity index (χ3v) is 6.94. The number of unbranched alkanes of at least 4 members (excludes halogenated alkanes) is 8. The maximum Gasteiger partial charge on any atom is 0.244 e. The molecule has 0 N–H and O–H groups in total. The Morgan fingerprint density at radius 3 is 2.14 bits per heavy atom. The predicted octanol–water partition coefficient (Wildman–Crippen LogP) is 6.82. The zero-order valence-corrected chi connectivity index (χ0v) is 16.8. The third-order valence-electron chi connectivity index (χ3n) is 3.86. The van der Waals surface area contributed by atoms with Crippen LogP contribution in [0.5, 0.6) is 0 Å². The Hall–Kier alpha value is 0.107. The fraction of sp³-hybridized carbons (Fsp3) is 0.889. The van der Waals surface area contributed by atoms with E-state index in [4.69, 9.17) is 4.43 Å². The first-order valence-electron chi connectivity index (χ1n) is 8.95. The van der Waals surface area contributed by atoms with Crippen molar-refractivity contribution in [1.82, 2.24) is 0 Å². The van der Waals surface area contributed by atoms with Crippen LogP contribution in [0.25, 0.3) is 0 Å². The minimum absolute atomic E-state index is 0.663. The van der Waals surface area contributed by atoms with Crippen molar-refractivity contribution in [3.05, 3.63) is 12.3 Å². The molecule has 1 unspecified atom stereocenters. The van der Waals surface area contributed by atoms with Gasteiger partial charge in [-0.3, -0.25) is 0 Å². The van der Waals surface area contributed by atoms with Gasteiger partial charge in [0.05, 0.1) is 6.26 Å². The number of allylic oxidation sites excluding steroid dienone is 1. The fourth-order valence-electron chi connectivity index (χ4n) is 2.65. The highest BCUT2D eigenvalue weighted by atomic mass is 32.1. The Morgan fingerprint density at radius 1 is 1.00 bits per heavy atom. The van der Waals surface area contributed by atoms with Crippen LogP contribution in [-0.4, -0.2) is 14.1 Å². The first kappa shape index (κ1) is 21.1. The number of hydrogen-bond acceptors (Lipinski definition) is 2. The first-order chi connectivity index (χ1) is 10.0. The van der Waals surface area contributed by atoms with Crippen molar-refractivity contribution in [3.63, 3.8) is 0 Å². The standard InChI is InChI=1S/C18H38OSSi/c1-5-6-7-8-9-10-11-12-13-14-15-19-21(3,4)17-18(2)16-20/h14-15,18,20H,5-13,16-17H2,1-4H3. The van der Waals surface area contributed by atoms with Crippen molar-refractivity contribution in [2.24, 2.45) is 5.92 Å². The van der Waals surface area contributed by atoms with Crippen molar-refractivity contribution >= 4 is 20.9 Å². The Bertz CT molecular complexity index is 254. The lowest BCUT2D eigenvalue weighted by Crippen LogP contribution is -2.30. The summed E-state index contributed by atoms with van der Waals surface area (Å²) in [7, 11) is -1.52. The smallest absolute Gasteiger partial charge is 0.244 e. The molecule has 0 saturated carbocycles. The minimum Gasteiger partial charge on any atom is -0.550 e. The van der Waals surface area contributed by atoms with Gasteiger partial charge in [-0.05, 0) is 43.7 Å². The molecule has 0 spiro atoms. The van der Waals surface area contributed by atoms with Gasteiger partial charge in [-0.25, -0.2) is 0 Å². The molecule has 0 heterocycles. The largest absolute Gasteiger partial charge is 0.550 e. The van der Waals surface area contributed by atoms with Gasteiger partial charge in [0.2, 0.25) is 8.32 Å². The van der Waals surface area contributed by atoms with Gasteiger partial charge < -0.3 is 4.43 Å². The van der Waals surface area contributed by atoms with Gasteiger partial charge in [0.25, 0.3) is 0 Å². The Labute approximate surface area is 140 Å². The Morgan fingerprint density at radius 2 is 1.57 bits per heavy atom. The summed E-state index contributed by atoms with van der Waals surface area (Å²) < 4.78 is 6.00.